The van der Waals surface area contributed by atoms with E-state index in [0.29, 0.717) is 19.4 Å². The summed E-state index contributed by atoms with van der Waals surface area (Å²) in [5.41, 5.74) is 0.0421. The van der Waals surface area contributed by atoms with Crippen molar-refractivity contribution in [3.63, 3.8) is 0 Å². The minimum absolute atomic E-state index is 0.0696. The van der Waals surface area contributed by atoms with Crippen LogP contribution in [-0.4, -0.2) is 26.8 Å². The van der Waals surface area contributed by atoms with Gasteiger partial charge in [0.05, 0.1) is 17.7 Å². The highest BCUT2D eigenvalue weighted by atomic mass is 16.4. The number of rotatable bonds is 5. The third kappa shape index (κ3) is 2.94. The van der Waals surface area contributed by atoms with Gasteiger partial charge in [0.2, 0.25) is 5.91 Å². The zero-order valence-corrected chi connectivity index (χ0v) is 11.1. The molecule has 1 saturated carbocycles. The second-order valence-electron chi connectivity index (χ2n) is 5.19. The van der Waals surface area contributed by atoms with Crippen LogP contribution in [-0.2, 0) is 23.2 Å². The maximum atomic E-state index is 11.9. The van der Waals surface area contributed by atoms with Gasteiger partial charge in [0.1, 0.15) is 0 Å². The first-order valence-corrected chi connectivity index (χ1v) is 6.50. The maximum absolute atomic E-state index is 11.9. The van der Waals surface area contributed by atoms with Crippen molar-refractivity contribution in [2.75, 3.05) is 0 Å². The Labute approximate surface area is 111 Å². The molecule has 2 N–H and O–H groups in total. The van der Waals surface area contributed by atoms with E-state index in [1.165, 1.54) is 0 Å². The first kappa shape index (κ1) is 13.6. The molecule has 0 radical (unpaired) electrons. The Morgan fingerprint density at radius 1 is 1.47 bits per heavy atom. The van der Waals surface area contributed by atoms with Gasteiger partial charge in [0.25, 0.3) is 0 Å². The normalized spacial score (nSPS) is 17.3. The summed E-state index contributed by atoms with van der Waals surface area (Å²) in [5, 5.41) is 16.1. The third-order valence-electron chi connectivity index (χ3n) is 3.90. The fraction of sp³-hybridized carbons (Fsp3) is 0.615. The van der Waals surface area contributed by atoms with Gasteiger partial charge in [-0.2, -0.15) is 5.10 Å². The monoisotopic (exact) mass is 265 g/mol. The number of aromatic nitrogens is 2. The molecule has 104 valence electrons. The van der Waals surface area contributed by atoms with Crippen molar-refractivity contribution in [2.45, 2.75) is 38.6 Å². The molecule has 1 heterocycles. The molecule has 2 rings (SSSR count). The van der Waals surface area contributed by atoms with E-state index >= 15 is 0 Å². The Kier molecular flexibility index (Phi) is 3.87. The number of aliphatic carboxylic acids is 1. The zero-order chi connectivity index (χ0) is 13.9. The quantitative estimate of drug-likeness (QED) is 0.834. The molecule has 0 atom stereocenters. The number of nitrogens with one attached hydrogen (secondary N) is 1. The first-order valence-electron chi connectivity index (χ1n) is 6.50. The number of amides is 1. The topological polar surface area (TPSA) is 84.2 Å². The minimum Gasteiger partial charge on any atom is -0.481 e. The number of hydrogen-bond acceptors (Lipinski definition) is 3. The molecule has 6 heteroatoms. The lowest BCUT2D eigenvalue weighted by atomic mass is 9.82. The molecule has 6 nitrogen and oxygen atoms in total. The van der Waals surface area contributed by atoms with Crippen molar-refractivity contribution in [3.05, 3.63) is 18.0 Å². The highest BCUT2D eigenvalue weighted by molar-refractivity contribution is 5.85. The molecule has 0 spiro atoms. The van der Waals surface area contributed by atoms with Crippen LogP contribution in [0.2, 0.25) is 0 Å². The van der Waals surface area contributed by atoms with Crippen molar-refractivity contribution in [1.29, 1.82) is 0 Å². The predicted molar refractivity (Wildman–Crippen MR) is 68.2 cm³/mol. The van der Waals surface area contributed by atoms with Crippen LogP contribution in [0.15, 0.2) is 12.3 Å². The lowest BCUT2D eigenvalue weighted by Gasteiger charge is -2.22. The molecular weight excluding hydrogens is 246 g/mol. The van der Waals surface area contributed by atoms with Gasteiger partial charge in [0.15, 0.2) is 0 Å². The summed E-state index contributed by atoms with van der Waals surface area (Å²) in [4.78, 5) is 23.3. The van der Waals surface area contributed by atoms with Crippen LogP contribution >= 0.6 is 0 Å². The zero-order valence-electron chi connectivity index (χ0n) is 11.1. The molecule has 1 aliphatic carbocycles. The first-order chi connectivity index (χ1) is 9.03. The van der Waals surface area contributed by atoms with Crippen LogP contribution in [0.25, 0.3) is 0 Å². The third-order valence-corrected chi connectivity index (χ3v) is 3.90. The second kappa shape index (κ2) is 5.42. The number of nitrogens with zero attached hydrogens (tertiary/aromatic N) is 2. The smallest absolute Gasteiger partial charge is 0.310 e. The molecule has 1 fully saturated rings. The average molecular weight is 265 g/mol. The fourth-order valence-electron chi connectivity index (χ4n) is 2.65. The van der Waals surface area contributed by atoms with Crippen molar-refractivity contribution in [1.82, 2.24) is 15.1 Å². The summed E-state index contributed by atoms with van der Waals surface area (Å²) in [7, 11) is 1.80. The lowest BCUT2D eigenvalue weighted by molar-refractivity contribution is -0.151. The summed E-state index contributed by atoms with van der Waals surface area (Å²) in [6, 6.07) is 1.82. The van der Waals surface area contributed by atoms with E-state index in [1.807, 2.05) is 6.07 Å². The number of carboxylic acid groups (broad SMARTS) is 1. The maximum Gasteiger partial charge on any atom is 0.310 e. The molecule has 0 unspecified atom stereocenters. The molecule has 19 heavy (non-hydrogen) atoms. The van der Waals surface area contributed by atoms with Crippen LogP contribution in [0.5, 0.6) is 0 Å². The summed E-state index contributed by atoms with van der Waals surface area (Å²) in [5.74, 6) is -1.05. The molecule has 1 aromatic rings. The second-order valence-corrected chi connectivity index (χ2v) is 5.19. The summed E-state index contributed by atoms with van der Waals surface area (Å²) < 4.78 is 1.68. The SMILES string of the molecule is Cn1nccc1CNC(=O)CC1(C(=O)O)CCCC1. The fourth-order valence-corrected chi connectivity index (χ4v) is 2.65. The van der Waals surface area contributed by atoms with Gasteiger partial charge < -0.3 is 10.4 Å². The minimum atomic E-state index is -0.851. The average Bonchev–Trinajstić information content (AvgIpc) is 2.97. The molecule has 0 aromatic carbocycles. The molecule has 1 aromatic heterocycles. The number of carbonyl (C=O) groups excluding carboxylic acids is 1. The standard InChI is InChI=1S/C13H19N3O3/c1-16-10(4-7-15-16)9-14-11(17)8-13(12(18)19)5-2-3-6-13/h4,7H,2-3,5-6,8-9H2,1H3,(H,14,17)(H,18,19). The van der Waals surface area contributed by atoms with Crippen molar-refractivity contribution < 1.29 is 14.7 Å². The van der Waals surface area contributed by atoms with E-state index in [4.69, 9.17) is 0 Å². The van der Waals surface area contributed by atoms with E-state index in [9.17, 15) is 14.7 Å². The Morgan fingerprint density at radius 3 is 2.68 bits per heavy atom. The highest BCUT2D eigenvalue weighted by Gasteiger charge is 2.42. The van der Waals surface area contributed by atoms with E-state index in [2.05, 4.69) is 10.4 Å². The Morgan fingerprint density at radius 2 is 2.16 bits per heavy atom. The molecule has 1 aliphatic rings. The Balaban J connectivity index is 1.90. The number of aryl methyl sites for hydroxylation is 1. The molecule has 0 saturated heterocycles. The molecule has 1 amide bonds. The van der Waals surface area contributed by atoms with Crippen molar-refractivity contribution >= 4 is 11.9 Å². The van der Waals surface area contributed by atoms with Crippen LogP contribution in [0.3, 0.4) is 0 Å². The van der Waals surface area contributed by atoms with Crippen LogP contribution in [0.4, 0.5) is 0 Å². The van der Waals surface area contributed by atoms with E-state index in [0.717, 1.165) is 18.5 Å². The largest absolute Gasteiger partial charge is 0.481 e. The number of hydrogen-bond donors (Lipinski definition) is 2. The van der Waals surface area contributed by atoms with Crippen molar-refractivity contribution in [2.24, 2.45) is 12.5 Å². The Hall–Kier alpha value is -1.85. The van der Waals surface area contributed by atoms with Crippen LogP contribution in [0, 0.1) is 5.41 Å². The van der Waals surface area contributed by atoms with E-state index in [-0.39, 0.29) is 12.3 Å². The molecule has 0 aliphatic heterocycles. The van der Waals surface area contributed by atoms with Crippen LogP contribution < -0.4 is 5.32 Å². The summed E-state index contributed by atoms with van der Waals surface area (Å²) in [6.45, 7) is 0.380. The van der Waals surface area contributed by atoms with Gasteiger partial charge in [-0.05, 0) is 18.9 Å². The Bertz CT molecular complexity index is 475. The van der Waals surface area contributed by atoms with E-state index < -0.39 is 11.4 Å². The van der Waals surface area contributed by atoms with Gasteiger partial charge in [-0.15, -0.1) is 0 Å². The number of carbonyl (C=O) groups is 2. The van der Waals surface area contributed by atoms with Gasteiger partial charge in [-0.3, -0.25) is 14.3 Å². The van der Waals surface area contributed by atoms with Gasteiger partial charge in [0, 0.05) is 19.7 Å². The van der Waals surface area contributed by atoms with E-state index in [1.54, 1.807) is 17.9 Å². The van der Waals surface area contributed by atoms with Gasteiger partial charge in [-0.25, -0.2) is 0 Å². The highest BCUT2D eigenvalue weighted by Crippen LogP contribution is 2.41. The lowest BCUT2D eigenvalue weighted by Crippen LogP contribution is -2.35. The summed E-state index contributed by atoms with van der Waals surface area (Å²) in [6.07, 6.45) is 4.71. The van der Waals surface area contributed by atoms with Gasteiger partial charge >= 0.3 is 5.97 Å². The van der Waals surface area contributed by atoms with Crippen molar-refractivity contribution in [3.8, 4) is 0 Å². The van der Waals surface area contributed by atoms with Gasteiger partial charge in [-0.1, -0.05) is 12.8 Å². The number of carboxylic acids is 1. The molecule has 0 bridgehead atoms. The summed E-state index contributed by atoms with van der Waals surface area (Å²) >= 11 is 0. The molecular formula is C13H19N3O3. The van der Waals surface area contributed by atoms with Crippen LogP contribution in [0.1, 0.15) is 37.8 Å². The predicted octanol–water partition coefficient (Wildman–Crippen LogP) is 1.07.